The van der Waals surface area contributed by atoms with Gasteiger partial charge in [-0.2, -0.15) is 0 Å². The minimum Gasteiger partial charge on any atom is -0.304 e. The van der Waals surface area contributed by atoms with Crippen molar-refractivity contribution in [3.8, 4) is 45.4 Å². The van der Waals surface area contributed by atoms with E-state index in [1.807, 2.05) is 78.9 Å². The largest absolute Gasteiger partial charge is 0.304 e. The number of pyridine rings is 1. The van der Waals surface area contributed by atoms with Crippen molar-refractivity contribution in [2.75, 3.05) is 0 Å². The number of aryl methyl sites for hydroxylation is 2. The quantitative estimate of drug-likeness (QED) is 0.132. The molecular formula is C35H25IrN4O-. The third-order valence-electron chi connectivity index (χ3n) is 6.66. The van der Waals surface area contributed by atoms with E-state index in [4.69, 9.17) is 15.0 Å². The van der Waals surface area contributed by atoms with Crippen molar-refractivity contribution in [2.45, 2.75) is 13.8 Å². The molecule has 6 aromatic rings. The molecule has 0 N–H and O–H groups in total. The summed E-state index contributed by atoms with van der Waals surface area (Å²) in [6.07, 6.45) is 1.76. The van der Waals surface area contributed by atoms with Crippen LogP contribution in [0.25, 0.3) is 45.4 Å². The van der Waals surface area contributed by atoms with E-state index in [1.54, 1.807) is 12.3 Å². The van der Waals surface area contributed by atoms with Gasteiger partial charge < -0.3 is 4.98 Å². The molecule has 0 atom stereocenters. The predicted octanol–water partition coefficient (Wildman–Crippen LogP) is 7.58. The molecule has 2 aromatic heterocycles. The van der Waals surface area contributed by atoms with E-state index in [-0.39, 0.29) is 25.9 Å². The van der Waals surface area contributed by atoms with Gasteiger partial charge >= 0.3 is 0 Å². The summed E-state index contributed by atoms with van der Waals surface area (Å²) in [5, 5.41) is 0. The molecule has 0 spiro atoms. The van der Waals surface area contributed by atoms with Crippen LogP contribution in [0.15, 0.2) is 115 Å². The van der Waals surface area contributed by atoms with E-state index in [1.165, 1.54) is 11.1 Å². The van der Waals surface area contributed by atoms with Crippen molar-refractivity contribution >= 4 is 5.78 Å². The molecule has 2 heterocycles. The fraction of sp³-hybridized carbons (Fsp3) is 0.0571. The molecule has 0 aliphatic carbocycles. The van der Waals surface area contributed by atoms with Gasteiger partial charge in [0.05, 0.1) is 0 Å². The van der Waals surface area contributed by atoms with E-state index in [0.717, 1.165) is 27.9 Å². The molecule has 5 nitrogen and oxygen atoms in total. The minimum absolute atomic E-state index is 0. The third kappa shape index (κ3) is 6.25. The number of carbonyl (C=O) groups excluding carboxylic acids is 1. The SMILES string of the molecule is Cc1ccc(-c2nc(-c3ccc(C)cc3)nc(-c3ccc(-c4[c-]cc(C(=O)c5ccccc5)cc4)nc3)n2)cc1.[Ir]. The van der Waals surface area contributed by atoms with Gasteiger partial charge in [0, 0.05) is 48.6 Å². The topological polar surface area (TPSA) is 68.6 Å². The molecule has 0 saturated carbocycles. The molecule has 0 aliphatic heterocycles. The van der Waals surface area contributed by atoms with Crippen LogP contribution in [-0.2, 0) is 20.1 Å². The number of rotatable bonds is 6. The normalized spacial score (nSPS) is 10.6. The van der Waals surface area contributed by atoms with E-state index < -0.39 is 0 Å². The van der Waals surface area contributed by atoms with Crippen LogP contribution in [0, 0.1) is 19.9 Å². The molecule has 4 aromatic carbocycles. The molecule has 201 valence electrons. The Balaban J connectivity index is 0.00000337. The fourth-order valence-corrected chi connectivity index (χ4v) is 4.34. The summed E-state index contributed by atoms with van der Waals surface area (Å²) >= 11 is 0. The molecule has 0 aliphatic rings. The van der Waals surface area contributed by atoms with Crippen molar-refractivity contribution in [1.82, 2.24) is 19.9 Å². The van der Waals surface area contributed by atoms with Crippen LogP contribution in [0.2, 0.25) is 0 Å². The summed E-state index contributed by atoms with van der Waals surface area (Å²) < 4.78 is 0. The number of benzene rings is 4. The molecule has 6 rings (SSSR count). The zero-order valence-corrected chi connectivity index (χ0v) is 24.9. The Morgan fingerprint density at radius 2 is 1.12 bits per heavy atom. The molecule has 0 bridgehead atoms. The monoisotopic (exact) mass is 710 g/mol. The predicted molar refractivity (Wildman–Crippen MR) is 158 cm³/mol. The summed E-state index contributed by atoms with van der Waals surface area (Å²) in [7, 11) is 0. The maximum atomic E-state index is 12.7. The molecule has 41 heavy (non-hydrogen) atoms. The first-order chi connectivity index (χ1) is 19.5. The Morgan fingerprint density at radius 3 is 1.61 bits per heavy atom. The van der Waals surface area contributed by atoms with Crippen LogP contribution >= 0.6 is 0 Å². The first kappa shape index (κ1) is 27.9. The van der Waals surface area contributed by atoms with Crippen molar-refractivity contribution in [1.29, 1.82) is 0 Å². The van der Waals surface area contributed by atoms with E-state index >= 15 is 0 Å². The van der Waals surface area contributed by atoms with Crippen LogP contribution in [0.5, 0.6) is 0 Å². The Hall–Kier alpha value is -4.64. The van der Waals surface area contributed by atoms with Gasteiger partial charge in [-0.1, -0.05) is 108 Å². The smallest absolute Gasteiger partial charge is 0.165 e. The average molecular weight is 710 g/mol. The standard InChI is InChI=1S/C35H25N4O.Ir/c1-23-8-12-28(13-9-23)33-37-34(29-14-10-24(2)11-15-29)39-35(38-33)30-20-21-31(36-22-30)25-16-18-27(19-17-25)32(40)26-6-4-3-5-7-26;/h3-16,18-22H,1-2H3;/q-1;. The van der Waals surface area contributed by atoms with Gasteiger partial charge in [-0.05, 0) is 19.5 Å². The molecule has 0 saturated heterocycles. The molecule has 1 radical (unpaired) electrons. The van der Waals surface area contributed by atoms with Crippen molar-refractivity contribution in [3.63, 3.8) is 0 Å². The van der Waals surface area contributed by atoms with Gasteiger partial charge in [0.25, 0.3) is 0 Å². The third-order valence-corrected chi connectivity index (χ3v) is 6.66. The van der Waals surface area contributed by atoms with Crippen LogP contribution in [0.1, 0.15) is 27.0 Å². The maximum absolute atomic E-state index is 12.7. The molecular weight excluding hydrogens is 685 g/mol. The van der Waals surface area contributed by atoms with Crippen molar-refractivity contribution < 1.29 is 24.9 Å². The van der Waals surface area contributed by atoms with Crippen LogP contribution < -0.4 is 0 Å². The molecule has 6 heteroatoms. The second kappa shape index (κ2) is 12.3. The number of hydrogen-bond donors (Lipinski definition) is 0. The Morgan fingerprint density at radius 1 is 0.585 bits per heavy atom. The first-order valence-corrected chi connectivity index (χ1v) is 13.0. The number of aromatic nitrogens is 4. The summed E-state index contributed by atoms with van der Waals surface area (Å²) in [5.41, 5.74) is 7.75. The van der Waals surface area contributed by atoms with E-state index in [9.17, 15) is 4.79 Å². The van der Waals surface area contributed by atoms with Gasteiger partial charge in [-0.15, -0.1) is 29.8 Å². The Bertz CT molecular complexity index is 1720. The van der Waals surface area contributed by atoms with Gasteiger partial charge in [-0.25, -0.2) is 15.0 Å². The summed E-state index contributed by atoms with van der Waals surface area (Å²) in [6, 6.07) is 38.0. The van der Waals surface area contributed by atoms with Crippen molar-refractivity contribution in [2.24, 2.45) is 0 Å². The zero-order chi connectivity index (χ0) is 27.5. The van der Waals surface area contributed by atoms with Gasteiger partial charge in [0.15, 0.2) is 23.3 Å². The van der Waals surface area contributed by atoms with Gasteiger partial charge in [-0.3, -0.25) is 4.79 Å². The number of ketones is 1. The summed E-state index contributed by atoms with van der Waals surface area (Å²) in [5.74, 6) is 1.73. The molecule has 0 amide bonds. The van der Waals surface area contributed by atoms with E-state index in [0.29, 0.717) is 28.6 Å². The fourth-order valence-electron chi connectivity index (χ4n) is 4.34. The number of carbonyl (C=O) groups is 1. The Labute approximate surface area is 252 Å². The Kier molecular flexibility index (Phi) is 8.34. The first-order valence-electron chi connectivity index (χ1n) is 13.0. The van der Waals surface area contributed by atoms with Crippen LogP contribution in [0.3, 0.4) is 0 Å². The number of hydrogen-bond acceptors (Lipinski definition) is 5. The van der Waals surface area contributed by atoms with Crippen molar-refractivity contribution in [3.05, 3.63) is 144 Å². The molecule has 0 fully saturated rings. The number of nitrogens with zero attached hydrogens (tertiary/aromatic N) is 4. The summed E-state index contributed by atoms with van der Waals surface area (Å²) in [6.45, 7) is 4.11. The molecule has 0 unspecified atom stereocenters. The van der Waals surface area contributed by atoms with Gasteiger partial charge in [0.1, 0.15) is 0 Å². The average Bonchev–Trinajstić information content (AvgIpc) is 3.02. The van der Waals surface area contributed by atoms with Gasteiger partial charge in [0.2, 0.25) is 0 Å². The van der Waals surface area contributed by atoms with Crippen LogP contribution in [-0.4, -0.2) is 25.7 Å². The zero-order valence-electron chi connectivity index (χ0n) is 22.5. The van der Waals surface area contributed by atoms with Crippen LogP contribution in [0.4, 0.5) is 0 Å². The second-order valence-corrected chi connectivity index (χ2v) is 9.66. The maximum Gasteiger partial charge on any atom is 0.165 e. The van der Waals surface area contributed by atoms with E-state index in [2.05, 4.69) is 49.2 Å². The minimum atomic E-state index is -0.0321. The second-order valence-electron chi connectivity index (χ2n) is 9.66. The summed E-state index contributed by atoms with van der Waals surface area (Å²) in [4.78, 5) is 31.8.